The van der Waals surface area contributed by atoms with Crippen molar-refractivity contribution in [1.29, 1.82) is 0 Å². The Bertz CT molecular complexity index is 1470. The van der Waals surface area contributed by atoms with Gasteiger partial charge in [-0.1, -0.05) is 48.0 Å². The van der Waals surface area contributed by atoms with E-state index in [2.05, 4.69) is 5.10 Å². The molecule has 0 aliphatic rings. The molecule has 0 amide bonds. The summed E-state index contributed by atoms with van der Waals surface area (Å²) in [6.45, 7) is 0.136. The van der Waals surface area contributed by atoms with Crippen LogP contribution < -0.4 is 4.90 Å². The predicted octanol–water partition coefficient (Wildman–Crippen LogP) is 6.25. The Morgan fingerprint density at radius 2 is 1.63 bits per heavy atom. The van der Waals surface area contributed by atoms with Gasteiger partial charge in [0.2, 0.25) is 0 Å². The molecule has 0 bridgehead atoms. The molecular weight excluding hydrogens is 499 g/mol. The Hall–Kier alpha value is -3.30. The first-order valence-electron chi connectivity index (χ1n) is 10.5. The molecule has 35 heavy (non-hydrogen) atoms. The third kappa shape index (κ3) is 5.52. The third-order valence-corrected chi connectivity index (χ3v) is 6.89. The zero-order valence-electron chi connectivity index (χ0n) is 18.8. The van der Waals surface area contributed by atoms with Gasteiger partial charge in [0.15, 0.2) is 15.5 Å². The minimum atomic E-state index is -4.60. The van der Waals surface area contributed by atoms with Gasteiger partial charge in [0, 0.05) is 19.0 Å². The zero-order valence-corrected chi connectivity index (χ0v) is 20.4. The maximum atomic E-state index is 13.4. The topological polar surface area (TPSA) is 55.2 Å². The molecule has 0 spiro atoms. The minimum Gasteiger partial charge on any atom is -0.369 e. The van der Waals surface area contributed by atoms with E-state index >= 15 is 0 Å². The summed E-state index contributed by atoms with van der Waals surface area (Å²) in [6.07, 6.45) is -3.44. The normalized spacial score (nSPS) is 12.1. The van der Waals surface area contributed by atoms with E-state index in [-0.39, 0.29) is 16.5 Å². The van der Waals surface area contributed by atoms with Crippen molar-refractivity contribution < 1.29 is 21.6 Å². The fourth-order valence-corrected chi connectivity index (χ4v) is 4.53. The Labute approximate surface area is 206 Å². The molecule has 1 heterocycles. The summed E-state index contributed by atoms with van der Waals surface area (Å²) in [5, 5.41) is 4.06. The van der Waals surface area contributed by atoms with E-state index in [1.165, 1.54) is 4.68 Å². The zero-order chi connectivity index (χ0) is 25.4. The van der Waals surface area contributed by atoms with Gasteiger partial charge in [0.25, 0.3) is 0 Å². The van der Waals surface area contributed by atoms with E-state index in [9.17, 15) is 21.6 Å². The second kappa shape index (κ2) is 9.39. The molecule has 182 valence electrons. The number of para-hydroxylation sites is 1. The van der Waals surface area contributed by atoms with E-state index in [0.29, 0.717) is 11.4 Å². The van der Waals surface area contributed by atoms with Crippen LogP contribution in [-0.2, 0) is 22.6 Å². The van der Waals surface area contributed by atoms with Gasteiger partial charge in [0.1, 0.15) is 0 Å². The lowest BCUT2D eigenvalue weighted by Crippen LogP contribution is -2.19. The summed E-state index contributed by atoms with van der Waals surface area (Å²) in [5.74, 6) is 0. The van der Waals surface area contributed by atoms with Crippen LogP contribution in [0.4, 0.5) is 18.9 Å². The summed E-state index contributed by atoms with van der Waals surface area (Å²) >= 11 is 6.23. The highest BCUT2D eigenvalue weighted by molar-refractivity contribution is 7.90. The maximum Gasteiger partial charge on any atom is 0.435 e. The van der Waals surface area contributed by atoms with Crippen molar-refractivity contribution in [3.8, 4) is 16.8 Å². The van der Waals surface area contributed by atoms with Gasteiger partial charge in [-0.15, -0.1) is 0 Å². The lowest BCUT2D eigenvalue weighted by atomic mass is 10.1. The van der Waals surface area contributed by atoms with Crippen LogP contribution in [0, 0.1) is 0 Å². The minimum absolute atomic E-state index is 0.136. The average Bonchev–Trinajstić information content (AvgIpc) is 3.23. The molecule has 0 fully saturated rings. The highest BCUT2D eigenvalue weighted by Gasteiger charge is 2.35. The predicted molar refractivity (Wildman–Crippen MR) is 131 cm³/mol. The summed E-state index contributed by atoms with van der Waals surface area (Å²) in [4.78, 5) is 2.02. The van der Waals surface area contributed by atoms with Crippen LogP contribution in [0.1, 0.15) is 11.4 Å². The van der Waals surface area contributed by atoms with Crippen LogP contribution in [0.3, 0.4) is 0 Å². The number of aromatic nitrogens is 2. The fourth-order valence-electron chi connectivity index (χ4n) is 3.65. The first-order chi connectivity index (χ1) is 16.4. The monoisotopic (exact) mass is 519 g/mol. The number of halogens is 4. The first kappa shape index (κ1) is 24.8. The van der Waals surface area contributed by atoms with Crippen molar-refractivity contribution in [2.45, 2.75) is 17.6 Å². The van der Waals surface area contributed by atoms with Crippen LogP contribution in [0.2, 0.25) is 5.02 Å². The molecule has 4 aromatic rings. The van der Waals surface area contributed by atoms with Crippen LogP contribution in [0.25, 0.3) is 16.8 Å². The van der Waals surface area contributed by atoms with Crippen molar-refractivity contribution in [3.63, 3.8) is 0 Å². The Morgan fingerprint density at radius 3 is 2.26 bits per heavy atom. The number of hydrogen-bond acceptors (Lipinski definition) is 4. The van der Waals surface area contributed by atoms with E-state index in [0.717, 1.165) is 29.1 Å². The molecule has 0 unspecified atom stereocenters. The number of benzene rings is 3. The van der Waals surface area contributed by atoms with Gasteiger partial charge in [-0.2, -0.15) is 18.3 Å². The van der Waals surface area contributed by atoms with Crippen LogP contribution in [0.5, 0.6) is 0 Å². The van der Waals surface area contributed by atoms with Crippen LogP contribution in [0.15, 0.2) is 83.8 Å². The van der Waals surface area contributed by atoms with Crippen molar-refractivity contribution in [1.82, 2.24) is 9.78 Å². The van der Waals surface area contributed by atoms with Crippen LogP contribution >= 0.6 is 11.6 Å². The number of anilines is 1. The van der Waals surface area contributed by atoms with Crippen molar-refractivity contribution in [2.75, 3.05) is 18.2 Å². The molecule has 0 aliphatic carbocycles. The summed E-state index contributed by atoms with van der Waals surface area (Å²) in [7, 11) is -1.57. The standard InChI is InChI=1S/C25H21ClF3N3O2S/c1-31(19-12-10-17(11-13-19)18-6-5-7-21(14-18)35(2,33)34)16-20-15-24(25(27,28)29)30-32(20)23-9-4-3-8-22(23)26/h3-15H,16H2,1-2H3. The first-order valence-corrected chi connectivity index (χ1v) is 12.7. The van der Waals surface area contributed by atoms with E-state index in [1.54, 1.807) is 54.4 Å². The summed E-state index contributed by atoms with van der Waals surface area (Å²) in [5.41, 5.74) is 1.99. The number of alkyl halides is 3. The molecular formula is C25H21ClF3N3O2S. The smallest absolute Gasteiger partial charge is 0.369 e. The molecule has 0 N–H and O–H groups in total. The second-order valence-corrected chi connectivity index (χ2v) is 10.5. The lowest BCUT2D eigenvalue weighted by molar-refractivity contribution is -0.141. The van der Waals surface area contributed by atoms with Gasteiger partial charge in [-0.05, 0) is 53.6 Å². The van der Waals surface area contributed by atoms with Crippen LogP contribution in [-0.4, -0.2) is 31.5 Å². The Morgan fingerprint density at radius 1 is 0.943 bits per heavy atom. The molecule has 10 heteroatoms. The van der Waals surface area contributed by atoms with Crippen molar-refractivity contribution in [2.24, 2.45) is 0 Å². The lowest BCUT2D eigenvalue weighted by Gasteiger charge is -2.20. The van der Waals surface area contributed by atoms with Gasteiger partial charge >= 0.3 is 6.18 Å². The molecule has 4 rings (SSSR count). The molecule has 0 aliphatic heterocycles. The molecule has 5 nitrogen and oxygen atoms in total. The number of sulfone groups is 1. The fraction of sp³-hybridized carbons (Fsp3) is 0.160. The quantitative estimate of drug-likeness (QED) is 0.302. The van der Waals surface area contributed by atoms with Crippen molar-refractivity contribution in [3.05, 3.63) is 95.3 Å². The molecule has 1 aromatic heterocycles. The second-order valence-electron chi connectivity index (χ2n) is 8.08. The maximum absolute atomic E-state index is 13.4. The van der Waals surface area contributed by atoms with Gasteiger partial charge < -0.3 is 4.90 Å². The highest BCUT2D eigenvalue weighted by atomic mass is 35.5. The van der Waals surface area contributed by atoms with Gasteiger partial charge in [-0.3, -0.25) is 0 Å². The van der Waals surface area contributed by atoms with E-state index in [4.69, 9.17) is 11.6 Å². The number of hydrogen-bond donors (Lipinski definition) is 0. The number of rotatable bonds is 6. The van der Waals surface area contributed by atoms with Gasteiger partial charge in [-0.25, -0.2) is 13.1 Å². The largest absolute Gasteiger partial charge is 0.435 e. The average molecular weight is 520 g/mol. The molecule has 0 saturated heterocycles. The van der Waals surface area contributed by atoms with E-state index < -0.39 is 21.7 Å². The highest BCUT2D eigenvalue weighted by Crippen LogP contribution is 2.32. The SMILES string of the molecule is CN(Cc1cc(C(F)(F)F)nn1-c1ccccc1Cl)c1ccc(-c2cccc(S(C)(=O)=O)c2)cc1. The Kier molecular flexibility index (Phi) is 6.66. The third-order valence-electron chi connectivity index (χ3n) is 5.46. The Balaban J connectivity index is 1.63. The van der Waals surface area contributed by atoms with Crippen molar-refractivity contribution >= 4 is 27.1 Å². The molecule has 0 radical (unpaired) electrons. The summed E-state index contributed by atoms with van der Waals surface area (Å²) < 4.78 is 65.1. The number of nitrogens with zero attached hydrogens (tertiary/aromatic N) is 3. The molecule has 0 saturated carbocycles. The summed E-state index contributed by atoms with van der Waals surface area (Å²) in [6, 6.07) is 21.5. The molecule has 0 atom stereocenters. The molecule has 3 aromatic carbocycles. The van der Waals surface area contributed by atoms with Gasteiger partial charge in [0.05, 0.1) is 27.8 Å². The van der Waals surface area contributed by atoms with E-state index in [1.807, 2.05) is 30.3 Å².